The molecular weight excluding hydrogens is 269 g/mol. The fourth-order valence-corrected chi connectivity index (χ4v) is 1.21. The first-order chi connectivity index (χ1) is 5.63. The van der Waals surface area contributed by atoms with Gasteiger partial charge in [-0.1, -0.05) is 19.4 Å². The van der Waals surface area contributed by atoms with E-state index in [1.807, 2.05) is 36.4 Å². The van der Waals surface area contributed by atoms with Gasteiger partial charge in [0.2, 0.25) is 0 Å². The van der Waals surface area contributed by atoms with Crippen molar-refractivity contribution in [3.05, 3.63) is 9.78 Å². The first-order valence-electron chi connectivity index (χ1n) is 3.95. The highest BCUT2D eigenvalue weighted by molar-refractivity contribution is 14.1. The van der Waals surface area contributed by atoms with Crippen molar-refractivity contribution < 1.29 is 9.90 Å². The number of unbranched alkanes of at least 4 members (excludes halogenated alkanes) is 1. The van der Waals surface area contributed by atoms with Gasteiger partial charge in [-0.25, -0.2) is 4.79 Å². The molecule has 0 fully saturated rings. The number of amides is 1. The third-order valence-electron chi connectivity index (χ3n) is 1.46. The van der Waals surface area contributed by atoms with Gasteiger partial charge < -0.3 is 5.11 Å². The van der Waals surface area contributed by atoms with Crippen LogP contribution in [0.2, 0.25) is 0 Å². The molecule has 4 heteroatoms. The number of rotatable bonds is 4. The molecule has 0 bridgehead atoms. The lowest BCUT2D eigenvalue weighted by Gasteiger charge is -2.17. The van der Waals surface area contributed by atoms with Crippen LogP contribution in [-0.2, 0) is 0 Å². The van der Waals surface area contributed by atoms with Gasteiger partial charge in [-0.2, -0.15) is 0 Å². The highest BCUT2D eigenvalue weighted by Gasteiger charge is 2.12. The molecule has 0 unspecified atom stereocenters. The SMILES string of the molecule is C/C=C(/I)N(CCCC)C(=O)O. The molecule has 0 atom stereocenters. The van der Waals surface area contributed by atoms with Crippen LogP contribution in [0, 0.1) is 0 Å². The predicted octanol–water partition coefficient (Wildman–Crippen LogP) is 3.06. The van der Waals surface area contributed by atoms with E-state index in [-0.39, 0.29) is 0 Å². The van der Waals surface area contributed by atoms with Crippen molar-refractivity contribution in [3.8, 4) is 0 Å². The highest BCUT2D eigenvalue weighted by atomic mass is 127. The van der Waals surface area contributed by atoms with Crippen LogP contribution in [0.25, 0.3) is 0 Å². The number of halogens is 1. The Kier molecular flexibility index (Phi) is 6.14. The molecule has 0 saturated carbocycles. The van der Waals surface area contributed by atoms with E-state index in [2.05, 4.69) is 0 Å². The van der Waals surface area contributed by atoms with E-state index in [0.717, 1.165) is 16.5 Å². The molecule has 0 aliphatic heterocycles. The molecule has 0 rings (SSSR count). The van der Waals surface area contributed by atoms with Crippen LogP contribution in [0.1, 0.15) is 26.7 Å². The molecule has 70 valence electrons. The van der Waals surface area contributed by atoms with Gasteiger partial charge in [0.15, 0.2) is 0 Å². The van der Waals surface area contributed by atoms with Gasteiger partial charge in [0.25, 0.3) is 0 Å². The Hall–Kier alpha value is -0.260. The minimum atomic E-state index is -0.869. The van der Waals surface area contributed by atoms with E-state index >= 15 is 0 Å². The van der Waals surface area contributed by atoms with Crippen LogP contribution in [0.5, 0.6) is 0 Å². The van der Waals surface area contributed by atoms with Gasteiger partial charge >= 0.3 is 6.09 Å². The maximum atomic E-state index is 10.7. The van der Waals surface area contributed by atoms with Crippen LogP contribution in [0.15, 0.2) is 9.78 Å². The Morgan fingerprint density at radius 3 is 2.58 bits per heavy atom. The zero-order chi connectivity index (χ0) is 9.56. The molecule has 0 radical (unpaired) electrons. The smallest absolute Gasteiger partial charge is 0.412 e. The lowest BCUT2D eigenvalue weighted by molar-refractivity contribution is 0.161. The summed E-state index contributed by atoms with van der Waals surface area (Å²) in [5, 5.41) is 8.78. The van der Waals surface area contributed by atoms with Gasteiger partial charge in [-0.15, -0.1) is 0 Å². The highest BCUT2D eigenvalue weighted by Crippen LogP contribution is 2.13. The zero-order valence-corrected chi connectivity index (χ0v) is 9.54. The third kappa shape index (κ3) is 3.94. The Morgan fingerprint density at radius 2 is 2.25 bits per heavy atom. The van der Waals surface area contributed by atoms with E-state index in [1.165, 1.54) is 4.90 Å². The van der Waals surface area contributed by atoms with Crippen molar-refractivity contribution in [3.63, 3.8) is 0 Å². The molecule has 0 heterocycles. The maximum Gasteiger partial charge on any atom is 0.412 e. The molecule has 1 N–H and O–H groups in total. The first kappa shape index (κ1) is 11.7. The lowest BCUT2D eigenvalue weighted by atomic mass is 10.3. The van der Waals surface area contributed by atoms with E-state index in [9.17, 15) is 4.79 Å². The largest absolute Gasteiger partial charge is 0.465 e. The molecule has 0 aromatic heterocycles. The Bertz CT molecular complexity index is 180. The first-order valence-corrected chi connectivity index (χ1v) is 5.03. The Morgan fingerprint density at radius 1 is 1.67 bits per heavy atom. The van der Waals surface area contributed by atoms with Crippen molar-refractivity contribution in [2.24, 2.45) is 0 Å². The van der Waals surface area contributed by atoms with E-state index < -0.39 is 6.09 Å². The zero-order valence-electron chi connectivity index (χ0n) is 7.38. The molecule has 3 nitrogen and oxygen atoms in total. The van der Waals surface area contributed by atoms with Crippen molar-refractivity contribution in [2.45, 2.75) is 26.7 Å². The van der Waals surface area contributed by atoms with Crippen LogP contribution in [-0.4, -0.2) is 22.6 Å². The summed E-state index contributed by atoms with van der Waals surface area (Å²) in [6, 6.07) is 0. The average molecular weight is 283 g/mol. The Balaban J connectivity index is 4.14. The summed E-state index contributed by atoms with van der Waals surface area (Å²) in [7, 11) is 0. The molecule has 0 aromatic carbocycles. The van der Waals surface area contributed by atoms with Crippen molar-refractivity contribution in [1.29, 1.82) is 0 Å². The Labute approximate surface area is 86.6 Å². The summed E-state index contributed by atoms with van der Waals surface area (Å²) in [5.74, 6) is 0. The van der Waals surface area contributed by atoms with Crippen molar-refractivity contribution in [2.75, 3.05) is 6.54 Å². The van der Waals surface area contributed by atoms with Crippen molar-refractivity contribution in [1.82, 2.24) is 4.90 Å². The quantitative estimate of drug-likeness (QED) is 0.636. The van der Waals surface area contributed by atoms with Crippen LogP contribution in [0.3, 0.4) is 0 Å². The number of nitrogens with zero attached hydrogens (tertiary/aromatic N) is 1. The number of hydrogen-bond donors (Lipinski definition) is 1. The summed E-state index contributed by atoms with van der Waals surface area (Å²) in [4.78, 5) is 12.1. The second-order valence-electron chi connectivity index (χ2n) is 2.40. The van der Waals surface area contributed by atoms with E-state index in [0.29, 0.717) is 6.54 Å². The number of hydrogen-bond acceptors (Lipinski definition) is 1. The standard InChI is InChI=1S/C8H14INO2/c1-3-5-6-10(8(11)12)7(9)4-2/h4H,3,5-6H2,1-2H3,(H,11,12)/b7-4-. The fraction of sp³-hybridized carbons (Fsp3) is 0.625. The average Bonchev–Trinajstić information content (AvgIpc) is 2.04. The molecule has 0 aliphatic rings. The minimum absolute atomic E-state index is 0.592. The second-order valence-corrected chi connectivity index (χ2v) is 3.50. The number of carboxylic acid groups (broad SMARTS) is 1. The van der Waals surface area contributed by atoms with E-state index in [4.69, 9.17) is 5.11 Å². The molecule has 0 aromatic rings. The maximum absolute atomic E-state index is 10.7. The topological polar surface area (TPSA) is 40.5 Å². The molecule has 1 amide bonds. The lowest BCUT2D eigenvalue weighted by Crippen LogP contribution is -2.27. The van der Waals surface area contributed by atoms with Gasteiger partial charge in [0.05, 0.1) is 3.70 Å². The third-order valence-corrected chi connectivity index (χ3v) is 2.67. The summed E-state index contributed by atoms with van der Waals surface area (Å²) in [6.07, 6.45) is 2.85. The van der Waals surface area contributed by atoms with Gasteiger partial charge in [0, 0.05) is 6.54 Å². The predicted molar refractivity (Wildman–Crippen MR) is 57.4 cm³/mol. The molecule has 0 saturated heterocycles. The number of allylic oxidation sites excluding steroid dienone is 1. The summed E-state index contributed by atoms with van der Waals surface area (Å²) in [6.45, 7) is 4.47. The molecule has 0 spiro atoms. The molecule has 0 aliphatic carbocycles. The van der Waals surface area contributed by atoms with Gasteiger partial charge in [-0.05, 0) is 35.9 Å². The second kappa shape index (κ2) is 6.28. The van der Waals surface area contributed by atoms with Gasteiger partial charge in [0.1, 0.15) is 0 Å². The fourth-order valence-electron chi connectivity index (χ4n) is 0.766. The number of carbonyl (C=O) groups is 1. The molecule has 12 heavy (non-hydrogen) atoms. The van der Waals surface area contributed by atoms with Crippen molar-refractivity contribution >= 4 is 28.7 Å². The van der Waals surface area contributed by atoms with Gasteiger partial charge in [-0.3, -0.25) is 4.90 Å². The monoisotopic (exact) mass is 283 g/mol. The normalized spacial score (nSPS) is 11.4. The van der Waals surface area contributed by atoms with Crippen LogP contribution in [0.4, 0.5) is 4.79 Å². The summed E-state index contributed by atoms with van der Waals surface area (Å²) >= 11 is 2.03. The minimum Gasteiger partial charge on any atom is -0.465 e. The summed E-state index contributed by atoms with van der Waals surface area (Å²) < 4.78 is 0.772. The van der Waals surface area contributed by atoms with Crippen LogP contribution >= 0.6 is 22.6 Å². The molecular formula is C8H14INO2. The summed E-state index contributed by atoms with van der Waals surface area (Å²) in [5.41, 5.74) is 0. The van der Waals surface area contributed by atoms with Crippen LogP contribution < -0.4 is 0 Å². The van der Waals surface area contributed by atoms with E-state index in [1.54, 1.807) is 6.08 Å².